The summed E-state index contributed by atoms with van der Waals surface area (Å²) in [6.45, 7) is 3.05. The molecule has 1 aliphatic rings. The van der Waals surface area contributed by atoms with Crippen molar-refractivity contribution in [2.24, 2.45) is 11.7 Å². The second kappa shape index (κ2) is 7.35. The summed E-state index contributed by atoms with van der Waals surface area (Å²) in [5, 5.41) is 0. The molecule has 2 amide bonds. The molecule has 22 heavy (non-hydrogen) atoms. The van der Waals surface area contributed by atoms with Crippen molar-refractivity contribution in [2.75, 3.05) is 20.2 Å². The maximum absolute atomic E-state index is 12.4. The van der Waals surface area contributed by atoms with Crippen LogP contribution in [0.5, 0.6) is 0 Å². The van der Waals surface area contributed by atoms with E-state index in [0.29, 0.717) is 13.1 Å². The smallest absolute Gasteiger partial charge is 0.228 e. The minimum absolute atomic E-state index is 0.0198. The monoisotopic (exact) mass is 305 g/mol. The molecule has 6 nitrogen and oxygen atoms in total. The average molecular weight is 305 g/mol. The summed E-state index contributed by atoms with van der Waals surface area (Å²) in [6, 6.07) is 5.66. The largest absolute Gasteiger partial charge is 0.381 e. The van der Waals surface area contributed by atoms with Gasteiger partial charge in [-0.3, -0.25) is 14.6 Å². The molecule has 6 heteroatoms. The molecule has 0 radical (unpaired) electrons. The topological polar surface area (TPSA) is 85.5 Å². The fraction of sp³-hybridized carbons (Fsp3) is 0.562. The van der Waals surface area contributed by atoms with Gasteiger partial charge in [0, 0.05) is 43.9 Å². The third-order valence-electron chi connectivity index (χ3n) is 4.06. The minimum atomic E-state index is -0.360. The summed E-state index contributed by atoms with van der Waals surface area (Å²) in [4.78, 5) is 29.8. The lowest BCUT2D eigenvalue weighted by atomic mass is 9.91. The van der Waals surface area contributed by atoms with Crippen molar-refractivity contribution in [3.05, 3.63) is 29.6 Å². The van der Waals surface area contributed by atoms with Gasteiger partial charge in [-0.2, -0.15) is 0 Å². The van der Waals surface area contributed by atoms with Crippen LogP contribution in [0.4, 0.5) is 0 Å². The van der Waals surface area contributed by atoms with Gasteiger partial charge in [0.25, 0.3) is 0 Å². The summed E-state index contributed by atoms with van der Waals surface area (Å²) >= 11 is 0. The zero-order valence-corrected chi connectivity index (χ0v) is 13.1. The predicted octanol–water partition coefficient (Wildman–Crippen LogP) is 0.671. The zero-order chi connectivity index (χ0) is 16.1. The fourth-order valence-electron chi connectivity index (χ4n) is 2.97. The molecule has 0 aromatic carbocycles. The molecule has 120 valence electrons. The molecule has 0 saturated carbocycles. The molecular formula is C16H23N3O3. The molecule has 1 aliphatic heterocycles. The van der Waals surface area contributed by atoms with Crippen molar-refractivity contribution >= 4 is 11.8 Å². The number of hydrogen-bond donors (Lipinski definition) is 1. The Labute approximate surface area is 130 Å². The van der Waals surface area contributed by atoms with Gasteiger partial charge in [0.05, 0.1) is 12.5 Å². The van der Waals surface area contributed by atoms with E-state index in [0.717, 1.165) is 17.8 Å². The van der Waals surface area contributed by atoms with Crippen molar-refractivity contribution in [3.63, 3.8) is 0 Å². The van der Waals surface area contributed by atoms with Gasteiger partial charge in [0.1, 0.15) is 0 Å². The van der Waals surface area contributed by atoms with Crippen molar-refractivity contribution in [1.82, 2.24) is 9.88 Å². The number of primary amides is 1. The van der Waals surface area contributed by atoms with Crippen LogP contribution in [0.15, 0.2) is 18.2 Å². The van der Waals surface area contributed by atoms with Gasteiger partial charge in [-0.1, -0.05) is 6.07 Å². The van der Waals surface area contributed by atoms with Crippen molar-refractivity contribution in [1.29, 1.82) is 0 Å². The number of carbonyl (C=O) groups excluding carboxylic acids is 2. The molecule has 0 bridgehead atoms. The number of aromatic nitrogens is 1. The lowest BCUT2D eigenvalue weighted by molar-refractivity contribution is -0.136. The van der Waals surface area contributed by atoms with Crippen LogP contribution in [0.3, 0.4) is 0 Å². The second-order valence-corrected chi connectivity index (χ2v) is 5.78. The van der Waals surface area contributed by atoms with Crippen LogP contribution in [-0.4, -0.2) is 48.0 Å². The van der Waals surface area contributed by atoms with Crippen LogP contribution in [0.25, 0.3) is 0 Å². The highest BCUT2D eigenvalue weighted by Gasteiger charge is 2.32. The van der Waals surface area contributed by atoms with Gasteiger partial charge in [-0.15, -0.1) is 0 Å². The van der Waals surface area contributed by atoms with Crippen molar-refractivity contribution in [3.8, 4) is 0 Å². The van der Waals surface area contributed by atoms with Gasteiger partial charge in [-0.05, 0) is 25.5 Å². The van der Waals surface area contributed by atoms with Crippen LogP contribution < -0.4 is 5.73 Å². The molecule has 1 fully saturated rings. The SMILES string of the molecule is CO[C@@H]1CCN(C(=O)Cc2cccc(C)n2)C[C@H]1CC(N)=O. The summed E-state index contributed by atoms with van der Waals surface area (Å²) in [6.07, 6.45) is 1.23. The normalized spacial score (nSPS) is 21.6. The summed E-state index contributed by atoms with van der Waals surface area (Å²) < 4.78 is 5.41. The zero-order valence-electron chi connectivity index (χ0n) is 13.1. The van der Waals surface area contributed by atoms with Gasteiger partial charge in [0.15, 0.2) is 0 Å². The highest BCUT2D eigenvalue weighted by Crippen LogP contribution is 2.23. The highest BCUT2D eigenvalue weighted by molar-refractivity contribution is 5.79. The van der Waals surface area contributed by atoms with Crippen LogP contribution in [-0.2, 0) is 20.7 Å². The molecule has 2 heterocycles. The van der Waals surface area contributed by atoms with E-state index < -0.39 is 0 Å². The highest BCUT2D eigenvalue weighted by atomic mass is 16.5. The Morgan fingerprint density at radius 1 is 1.45 bits per heavy atom. The number of nitrogens with two attached hydrogens (primary N) is 1. The summed E-state index contributed by atoms with van der Waals surface area (Å²) in [7, 11) is 1.63. The van der Waals surface area contributed by atoms with Crippen LogP contribution in [0.1, 0.15) is 24.2 Å². The van der Waals surface area contributed by atoms with Crippen LogP contribution in [0.2, 0.25) is 0 Å². The second-order valence-electron chi connectivity index (χ2n) is 5.78. The van der Waals surface area contributed by atoms with Gasteiger partial charge >= 0.3 is 0 Å². The van der Waals surface area contributed by atoms with E-state index in [1.165, 1.54) is 0 Å². The molecule has 1 saturated heterocycles. The molecule has 0 unspecified atom stereocenters. The maximum atomic E-state index is 12.4. The molecule has 2 N–H and O–H groups in total. The third-order valence-corrected chi connectivity index (χ3v) is 4.06. The van der Waals surface area contributed by atoms with E-state index in [1.807, 2.05) is 25.1 Å². The third kappa shape index (κ3) is 4.27. The first-order chi connectivity index (χ1) is 10.5. The van der Waals surface area contributed by atoms with Crippen LogP contribution in [0, 0.1) is 12.8 Å². The number of ether oxygens (including phenoxy) is 1. The molecule has 1 aromatic rings. The lowest BCUT2D eigenvalue weighted by Gasteiger charge is -2.37. The molecule has 2 rings (SSSR count). The predicted molar refractivity (Wildman–Crippen MR) is 82.0 cm³/mol. The minimum Gasteiger partial charge on any atom is -0.381 e. The Morgan fingerprint density at radius 3 is 2.86 bits per heavy atom. The molecular weight excluding hydrogens is 282 g/mol. The quantitative estimate of drug-likeness (QED) is 0.866. The number of piperidine rings is 1. The number of hydrogen-bond acceptors (Lipinski definition) is 4. The number of pyridine rings is 1. The summed E-state index contributed by atoms with van der Waals surface area (Å²) in [5.74, 6) is -0.366. The number of nitrogens with zero attached hydrogens (tertiary/aromatic N) is 2. The van der Waals surface area contributed by atoms with Gasteiger partial charge in [0.2, 0.25) is 11.8 Å². The van der Waals surface area contributed by atoms with Crippen LogP contribution >= 0.6 is 0 Å². The van der Waals surface area contributed by atoms with E-state index in [9.17, 15) is 9.59 Å². The number of aryl methyl sites for hydroxylation is 1. The fourth-order valence-corrected chi connectivity index (χ4v) is 2.97. The van der Waals surface area contributed by atoms with E-state index in [-0.39, 0.29) is 36.7 Å². The Kier molecular flexibility index (Phi) is 5.49. The average Bonchev–Trinajstić information content (AvgIpc) is 2.46. The van der Waals surface area contributed by atoms with E-state index in [2.05, 4.69) is 4.98 Å². The first-order valence-electron chi connectivity index (χ1n) is 7.51. The van der Waals surface area contributed by atoms with Gasteiger partial charge < -0.3 is 15.4 Å². The van der Waals surface area contributed by atoms with Crippen molar-refractivity contribution < 1.29 is 14.3 Å². The van der Waals surface area contributed by atoms with Crippen molar-refractivity contribution in [2.45, 2.75) is 32.3 Å². The number of methoxy groups -OCH3 is 1. The standard InChI is InChI=1S/C16H23N3O3/c1-11-4-3-5-13(18-11)9-16(21)19-7-6-14(22-2)12(10-19)8-15(17)20/h3-5,12,14H,6-10H2,1-2H3,(H2,17,20)/t12-,14-/m1/s1. The first kappa shape index (κ1) is 16.4. The number of likely N-dealkylation sites (tertiary alicyclic amines) is 1. The maximum Gasteiger partial charge on any atom is 0.228 e. The Hall–Kier alpha value is -1.95. The van der Waals surface area contributed by atoms with E-state index in [4.69, 9.17) is 10.5 Å². The molecule has 0 spiro atoms. The number of rotatable bonds is 5. The number of amides is 2. The molecule has 2 atom stereocenters. The molecule has 0 aliphatic carbocycles. The van der Waals surface area contributed by atoms with E-state index >= 15 is 0 Å². The Bertz CT molecular complexity index is 547. The van der Waals surface area contributed by atoms with Gasteiger partial charge in [-0.25, -0.2) is 0 Å². The first-order valence-corrected chi connectivity index (χ1v) is 7.51. The summed E-state index contributed by atoms with van der Waals surface area (Å²) in [5.41, 5.74) is 6.96. The number of carbonyl (C=O) groups is 2. The molecule has 1 aromatic heterocycles. The Balaban J connectivity index is 1.99. The lowest BCUT2D eigenvalue weighted by Crippen LogP contribution is -2.48. The van der Waals surface area contributed by atoms with E-state index in [1.54, 1.807) is 12.0 Å². The Morgan fingerprint density at radius 2 is 2.23 bits per heavy atom.